The van der Waals surface area contributed by atoms with Gasteiger partial charge in [0.15, 0.2) is 0 Å². The van der Waals surface area contributed by atoms with Crippen LogP contribution in [0.15, 0.2) is 48.6 Å². The summed E-state index contributed by atoms with van der Waals surface area (Å²) in [6, 6.07) is -0.820. The fraction of sp³-hybridized carbons (Fsp3) is 0.839. The molecule has 0 aromatic rings. The standard InChI is InChI=1S/C56H105NO4/c1-3-5-7-9-11-13-15-16-17-18-19-20-21-22-23-24-25-26-27-28-29-30-31-32-33-34-35-36-37-38-39-41-43-45-47-49-51-55(60)56(61)57-53(52-58)54(59)50-48-46-44-42-40-14-12-10-8-6-4-2/h8,10,26-27,40,42,48,50,53-55,58-60H,3-7,9,11-25,28-39,41,43-47,49,51-52H2,1-2H3,(H,57,61)/b10-8+,27-26-,42-40+,50-48+. The van der Waals surface area contributed by atoms with Crippen LogP contribution in [0, 0.1) is 0 Å². The van der Waals surface area contributed by atoms with Crippen molar-refractivity contribution in [3.63, 3.8) is 0 Å². The van der Waals surface area contributed by atoms with E-state index in [-0.39, 0.29) is 6.61 Å². The normalized spacial score (nSPS) is 13.7. The number of nitrogens with one attached hydrogen (secondary N) is 1. The topological polar surface area (TPSA) is 89.8 Å². The van der Waals surface area contributed by atoms with Crippen molar-refractivity contribution in [3.05, 3.63) is 48.6 Å². The van der Waals surface area contributed by atoms with Gasteiger partial charge in [-0.25, -0.2) is 0 Å². The zero-order valence-electron chi connectivity index (χ0n) is 40.8. The maximum atomic E-state index is 12.5. The van der Waals surface area contributed by atoms with E-state index in [1.807, 2.05) is 6.08 Å². The largest absolute Gasteiger partial charge is 0.394 e. The van der Waals surface area contributed by atoms with Crippen molar-refractivity contribution in [1.29, 1.82) is 0 Å². The number of carbonyl (C=O) groups excluding carboxylic acids is 1. The predicted molar refractivity (Wildman–Crippen MR) is 268 cm³/mol. The van der Waals surface area contributed by atoms with Gasteiger partial charge in [0.1, 0.15) is 6.10 Å². The van der Waals surface area contributed by atoms with Gasteiger partial charge in [-0.3, -0.25) is 4.79 Å². The molecule has 0 rings (SSSR count). The minimum atomic E-state index is -1.11. The average molecular weight is 856 g/mol. The highest BCUT2D eigenvalue weighted by molar-refractivity contribution is 5.80. The Kier molecular flexibility index (Phi) is 49.5. The fourth-order valence-corrected chi connectivity index (χ4v) is 8.16. The number of aliphatic hydroxyl groups excluding tert-OH is 3. The van der Waals surface area contributed by atoms with Gasteiger partial charge in [0.05, 0.1) is 18.8 Å². The van der Waals surface area contributed by atoms with Crippen LogP contribution in [-0.2, 0) is 4.79 Å². The molecule has 3 atom stereocenters. The van der Waals surface area contributed by atoms with Crippen LogP contribution in [0.4, 0.5) is 0 Å². The molecule has 0 bridgehead atoms. The highest BCUT2D eigenvalue weighted by atomic mass is 16.3. The first-order valence-corrected chi connectivity index (χ1v) is 27.0. The number of rotatable bonds is 49. The first-order chi connectivity index (χ1) is 30.1. The van der Waals surface area contributed by atoms with Gasteiger partial charge in [0, 0.05) is 0 Å². The Hall–Kier alpha value is -1.69. The van der Waals surface area contributed by atoms with Gasteiger partial charge in [-0.1, -0.05) is 262 Å². The van der Waals surface area contributed by atoms with E-state index in [1.54, 1.807) is 6.08 Å². The lowest BCUT2D eigenvalue weighted by Crippen LogP contribution is -2.48. The second-order valence-corrected chi connectivity index (χ2v) is 18.4. The van der Waals surface area contributed by atoms with Crippen molar-refractivity contribution in [2.45, 2.75) is 295 Å². The molecule has 61 heavy (non-hydrogen) atoms. The number of aliphatic hydroxyl groups is 3. The maximum Gasteiger partial charge on any atom is 0.249 e. The number of hydrogen-bond acceptors (Lipinski definition) is 4. The second-order valence-electron chi connectivity index (χ2n) is 18.4. The summed E-state index contributed by atoms with van der Waals surface area (Å²) in [5.41, 5.74) is 0. The van der Waals surface area contributed by atoms with E-state index in [2.05, 4.69) is 55.6 Å². The zero-order valence-corrected chi connectivity index (χ0v) is 40.8. The number of carbonyl (C=O) groups is 1. The highest BCUT2D eigenvalue weighted by Gasteiger charge is 2.22. The van der Waals surface area contributed by atoms with Crippen LogP contribution in [0.2, 0.25) is 0 Å². The van der Waals surface area contributed by atoms with Gasteiger partial charge in [-0.15, -0.1) is 0 Å². The third-order valence-electron chi connectivity index (χ3n) is 12.4. The summed E-state index contributed by atoms with van der Waals surface area (Å²) in [4.78, 5) is 12.5. The molecule has 0 aromatic heterocycles. The Morgan fingerprint density at radius 3 is 1.07 bits per heavy atom. The molecule has 5 nitrogen and oxygen atoms in total. The molecule has 0 fully saturated rings. The molecule has 0 saturated heterocycles. The third kappa shape index (κ3) is 46.1. The molecular weight excluding hydrogens is 751 g/mol. The molecule has 5 heteroatoms. The van der Waals surface area contributed by atoms with E-state index in [1.165, 1.54) is 205 Å². The molecule has 4 N–H and O–H groups in total. The number of unbranched alkanes of at least 4 members (excludes halogenated alkanes) is 35. The molecule has 0 saturated carbocycles. The lowest BCUT2D eigenvalue weighted by molar-refractivity contribution is -0.131. The second kappa shape index (κ2) is 50.9. The van der Waals surface area contributed by atoms with Crippen LogP contribution < -0.4 is 5.32 Å². The van der Waals surface area contributed by atoms with E-state index in [9.17, 15) is 20.1 Å². The monoisotopic (exact) mass is 856 g/mol. The van der Waals surface area contributed by atoms with E-state index in [0.29, 0.717) is 6.42 Å². The van der Waals surface area contributed by atoms with E-state index in [0.717, 1.165) is 51.4 Å². The molecule has 0 spiro atoms. The summed E-state index contributed by atoms with van der Waals surface area (Å²) in [7, 11) is 0. The van der Waals surface area contributed by atoms with Gasteiger partial charge in [-0.05, 0) is 64.2 Å². The van der Waals surface area contributed by atoms with Gasteiger partial charge in [0.2, 0.25) is 5.91 Å². The van der Waals surface area contributed by atoms with E-state index >= 15 is 0 Å². The summed E-state index contributed by atoms with van der Waals surface area (Å²) in [5, 5.41) is 33.1. The lowest BCUT2D eigenvalue weighted by atomic mass is 10.0. The molecule has 0 radical (unpaired) electrons. The molecule has 1 amide bonds. The average Bonchev–Trinajstić information content (AvgIpc) is 3.26. The lowest BCUT2D eigenvalue weighted by Gasteiger charge is -2.21. The third-order valence-corrected chi connectivity index (χ3v) is 12.4. The van der Waals surface area contributed by atoms with Crippen molar-refractivity contribution >= 4 is 5.91 Å². The van der Waals surface area contributed by atoms with Crippen molar-refractivity contribution in [2.75, 3.05) is 6.61 Å². The summed E-state index contributed by atoms with van der Waals surface area (Å²) in [6.07, 6.45) is 67.9. The van der Waals surface area contributed by atoms with Crippen LogP contribution in [0.5, 0.6) is 0 Å². The molecule has 0 aromatic carbocycles. The fourth-order valence-electron chi connectivity index (χ4n) is 8.16. The van der Waals surface area contributed by atoms with Crippen LogP contribution in [0.25, 0.3) is 0 Å². The summed E-state index contributed by atoms with van der Waals surface area (Å²) >= 11 is 0. The van der Waals surface area contributed by atoms with Gasteiger partial charge >= 0.3 is 0 Å². The van der Waals surface area contributed by atoms with Crippen LogP contribution in [0.1, 0.15) is 277 Å². The van der Waals surface area contributed by atoms with E-state index < -0.39 is 24.2 Å². The smallest absolute Gasteiger partial charge is 0.249 e. The Morgan fingerprint density at radius 2 is 0.705 bits per heavy atom. The van der Waals surface area contributed by atoms with Crippen molar-refractivity contribution in [2.24, 2.45) is 0 Å². The Morgan fingerprint density at radius 1 is 0.393 bits per heavy atom. The quantitative estimate of drug-likeness (QED) is 0.0362. The summed E-state index contributed by atoms with van der Waals surface area (Å²) < 4.78 is 0. The SMILES string of the molecule is CCC/C=C/CC/C=C/CC/C=C/C(O)C(CO)NC(=O)C(O)CCCCCCCCCCCCCCCCCC/C=C\CCCCCCCCCCCCCCCCCC. The van der Waals surface area contributed by atoms with Crippen LogP contribution in [-0.4, -0.2) is 46.1 Å². The minimum Gasteiger partial charge on any atom is -0.394 e. The van der Waals surface area contributed by atoms with Crippen molar-refractivity contribution < 1.29 is 20.1 Å². The number of amides is 1. The Bertz CT molecular complexity index is 989. The molecule has 0 heterocycles. The first-order valence-electron chi connectivity index (χ1n) is 27.0. The summed E-state index contributed by atoms with van der Waals surface area (Å²) in [5.74, 6) is -0.517. The van der Waals surface area contributed by atoms with Crippen LogP contribution in [0.3, 0.4) is 0 Å². The Labute approximate surface area is 380 Å². The maximum absolute atomic E-state index is 12.5. The van der Waals surface area contributed by atoms with E-state index in [4.69, 9.17) is 0 Å². The minimum absolute atomic E-state index is 0.381. The van der Waals surface area contributed by atoms with Crippen molar-refractivity contribution in [1.82, 2.24) is 5.32 Å². The molecule has 358 valence electrons. The van der Waals surface area contributed by atoms with Gasteiger partial charge < -0.3 is 20.6 Å². The first kappa shape index (κ1) is 59.3. The molecule has 0 aliphatic heterocycles. The van der Waals surface area contributed by atoms with Gasteiger partial charge in [0.25, 0.3) is 0 Å². The predicted octanol–water partition coefficient (Wildman–Crippen LogP) is 16.4. The Balaban J connectivity index is 3.47. The molecular formula is C56H105NO4. The molecule has 3 unspecified atom stereocenters. The summed E-state index contributed by atoms with van der Waals surface area (Å²) in [6.45, 7) is 4.10. The van der Waals surface area contributed by atoms with Crippen molar-refractivity contribution in [3.8, 4) is 0 Å². The van der Waals surface area contributed by atoms with Gasteiger partial charge in [-0.2, -0.15) is 0 Å². The number of hydrogen-bond donors (Lipinski definition) is 4. The highest BCUT2D eigenvalue weighted by Crippen LogP contribution is 2.17. The molecule has 0 aliphatic carbocycles. The van der Waals surface area contributed by atoms with Crippen LogP contribution >= 0.6 is 0 Å². The molecule has 0 aliphatic rings. The zero-order chi connectivity index (χ0) is 44.4. The number of allylic oxidation sites excluding steroid dienone is 7.